The lowest BCUT2D eigenvalue weighted by Crippen LogP contribution is -2.06. The summed E-state index contributed by atoms with van der Waals surface area (Å²) in [6, 6.07) is 9.63. The highest BCUT2D eigenvalue weighted by Gasteiger charge is 2.25. The lowest BCUT2D eigenvalue weighted by atomic mass is 9.87. The van der Waals surface area contributed by atoms with E-state index in [4.69, 9.17) is 51.1 Å². The number of halogens is 4. The van der Waals surface area contributed by atoms with Crippen molar-refractivity contribution in [2.75, 3.05) is 6.61 Å². The van der Waals surface area contributed by atoms with Gasteiger partial charge in [0, 0.05) is 32.3 Å². The molecule has 4 nitrogen and oxygen atoms in total. The molecule has 0 aromatic heterocycles. The van der Waals surface area contributed by atoms with Gasteiger partial charge in [0.2, 0.25) is 0 Å². The Hall–Kier alpha value is -2.50. The number of benzene rings is 5. The zero-order chi connectivity index (χ0) is 22.9. The smallest absolute Gasteiger partial charge is 0.338 e. The third kappa shape index (κ3) is 2.84. The Bertz CT molecular complexity index is 1620. The summed E-state index contributed by atoms with van der Waals surface area (Å²) in [5, 5.41) is 15.6. The van der Waals surface area contributed by atoms with Gasteiger partial charge in [0.15, 0.2) is 0 Å². The van der Waals surface area contributed by atoms with E-state index in [1.54, 1.807) is 31.2 Å². The van der Waals surface area contributed by atoms with Crippen LogP contribution in [0.5, 0.6) is 0 Å². The molecular formula is C24H12Cl4O4. The Morgan fingerprint density at radius 3 is 1.62 bits per heavy atom. The lowest BCUT2D eigenvalue weighted by molar-refractivity contribution is 0.0528. The van der Waals surface area contributed by atoms with Crippen molar-refractivity contribution < 1.29 is 19.4 Å². The van der Waals surface area contributed by atoms with Gasteiger partial charge in [0.25, 0.3) is 0 Å². The van der Waals surface area contributed by atoms with Gasteiger partial charge in [-0.25, -0.2) is 9.59 Å². The van der Waals surface area contributed by atoms with Crippen LogP contribution in [0.1, 0.15) is 27.6 Å². The average molecular weight is 506 g/mol. The second-order valence-electron chi connectivity index (χ2n) is 7.28. The Kier molecular flexibility index (Phi) is 5.02. The molecule has 1 N–H and O–H groups in total. The number of carbonyl (C=O) groups excluding carboxylic acids is 1. The molecule has 5 aromatic rings. The third-order valence-corrected chi connectivity index (χ3v) is 6.83. The molecule has 5 rings (SSSR count). The summed E-state index contributed by atoms with van der Waals surface area (Å²) in [4.78, 5) is 24.6. The molecule has 0 saturated heterocycles. The molecule has 0 spiro atoms. The van der Waals surface area contributed by atoms with Crippen LogP contribution in [0.2, 0.25) is 20.1 Å². The molecule has 0 radical (unpaired) electrons. The van der Waals surface area contributed by atoms with Gasteiger partial charge in [0.1, 0.15) is 0 Å². The van der Waals surface area contributed by atoms with Gasteiger partial charge < -0.3 is 9.84 Å². The maximum absolute atomic E-state index is 12.7. The van der Waals surface area contributed by atoms with Crippen LogP contribution < -0.4 is 0 Å². The molecule has 0 amide bonds. The topological polar surface area (TPSA) is 63.6 Å². The Morgan fingerprint density at radius 2 is 1.16 bits per heavy atom. The number of carbonyl (C=O) groups is 2. The minimum absolute atomic E-state index is 0.0552. The molecule has 0 aliphatic rings. The maximum Gasteiger partial charge on any atom is 0.338 e. The van der Waals surface area contributed by atoms with Crippen molar-refractivity contribution in [1.29, 1.82) is 0 Å². The Labute approximate surface area is 201 Å². The van der Waals surface area contributed by atoms with Gasteiger partial charge in [-0.3, -0.25) is 0 Å². The first-order valence-corrected chi connectivity index (χ1v) is 11.1. The summed E-state index contributed by atoms with van der Waals surface area (Å²) < 4.78 is 5.22. The van der Waals surface area contributed by atoms with Crippen molar-refractivity contribution >= 4 is 101 Å². The second kappa shape index (κ2) is 7.53. The van der Waals surface area contributed by atoms with E-state index in [0.29, 0.717) is 63.7 Å². The van der Waals surface area contributed by atoms with Crippen molar-refractivity contribution in [1.82, 2.24) is 0 Å². The normalized spacial score (nSPS) is 11.8. The fraction of sp³-hybridized carbons (Fsp3) is 0.0833. The van der Waals surface area contributed by atoms with Crippen molar-refractivity contribution in [3.8, 4) is 0 Å². The fourth-order valence-corrected chi connectivity index (χ4v) is 5.80. The number of hydrogen-bond donors (Lipinski definition) is 1. The van der Waals surface area contributed by atoms with Crippen LogP contribution in [0, 0.1) is 0 Å². The number of carboxylic acids is 1. The van der Waals surface area contributed by atoms with Crippen molar-refractivity contribution in [3.05, 3.63) is 67.6 Å². The van der Waals surface area contributed by atoms with Crippen LogP contribution in [-0.4, -0.2) is 23.7 Å². The largest absolute Gasteiger partial charge is 0.478 e. The van der Waals surface area contributed by atoms with Crippen LogP contribution in [-0.2, 0) is 4.74 Å². The standard InChI is InChI=1S/C24H12Cl4O4/c1-2-32-24(31)12-6-4-10-17-13(25)7-15(27)19-11(23(29)30)5-3-9(21(17)19)18-14(26)8-16(28)20(12)22(10)18/h3-8H,2H2,1H3,(H,29,30). The number of esters is 1. The van der Waals surface area contributed by atoms with E-state index in [0.717, 1.165) is 0 Å². The molecular weight excluding hydrogens is 494 g/mol. The summed E-state index contributed by atoms with van der Waals surface area (Å²) >= 11 is 26.3. The van der Waals surface area contributed by atoms with E-state index < -0.39 is 11.9 Å². The minimum Gasteiger partial charge on any atom is -0.478 e. The summed E-state index contributed by atoms with van der Waals surface area (Å²) in [6.07, 6.45) is 0. The number of fused-ring (bicyclic) bond motifs is 2. The number of aromatic carboxylic acids is 1. The van der Waals surface area contributed by atoms with Crippen LogP contribution in [0.4, 0.5) is 0 Å². The summed E-state index contributed by atoms with van der Waals surface area (Å²) in [5.74, 6) is -1.61. The van der Waals surface area contributed by atoms with E-state index in [2.05, 4.69) is 0 Å². The maximum atomic E-state index is 12.7. The highest BCUT2D eigenvalue weighted by Crippen LogP contribution is 2.49. The number of carboxylic acid groups (broad SMARTS) is 1. The molecule has 8 heteroatoms. The predicted molar refractivity (Wildman–Crippen MR) is 131 cm³/mol. The Morgan fingerprint density at radius 1 is 0.719 bits per heavy atom. The van der Waals surface area contributed by atoms with E-state index in [9.17, 15) is 14.7 Å². The van der Waals surface area contributed by atoms with Gasteiger partial charge in [-0.1, -0.05) is 58.5 Å². The summed E-state index contributed by atoms with van der Waals surface area (Å²) in [7, 11) is 0. The van der Waals surface area contributed by atoms with Crippen LogP contribution in [0.3, 0.4) is 0 Å². The first-order valence-electron chi connectivity index (χ1n) is 9.56. The number of ether oxygens (including phenoxy) is 1. The number of hydrogen-bond acceptors (Lipinski definition) is 3. The highest BCUT2D eigenvalue weighted by atomic mass is 35.5. The molecule has 0 bridgehead atoms. The Balaban J connectivity index is 2.15. The fourth-order valence-electron chi connectivity index (χ4n) is 4.47. The van der Waals surface area contributed by atoms with Gasteiger partial charge >= 0.3 is 11.9 Å². The summed E-state index contributed by atoms with van der Waals surface area (Å²) in [6.45, 7) is 1.94. The molecule has 0 aliphatic carbocycles. The first kappa shape index (κ1) is 21.4. The second-order valence-corrected chi connectivity index (χ2v) is 8.91. The van der Waals surface area contributed by atoms with Gasteiger partial charge in [0.05, 0.1) is 37.8 Å². The SMILES string of the molecule is CCOC(=O)c1ccc2c3c(Cl)cc(Cl)c4c(C(=O)O)ccc(c5c(Cl)cc(Cl)c1c25)c43. The van der Waals surface area contributed by atoms with Crippen molar-refractivity contribution in [2.45, 2.75) is 6.92 Å². The lowest BCUT2D eigenvalue weighted by Gasteiger charge is -2.20. The van der Waals surface area contributed by atoms with E-state index in [-0.39, 0.29) is 17.2 Å². The van der Waals surface area contributed by atoms with Gasteiger partial charge in [-0.2, -0.15) is 0 Å². The number of rotatable bonds is 3. The summed E-state index contributed by atoms with van der Waals surface area (Å²) in [5.41, 5.74) is 0.361. The van der Waals surface area contributed by atoms with E-state index >= 15 is 0 Å². The predicted octanol–water partition coefficient (Wildman–Crippen LogP) is 8.23. The molecule has 0 aliphatic heterocycles. The molecule has 0 atom stereocenters. The van der Waals surface area contributed by atoms with Crippen molar-refractivity contribution in [3.63, 3.8) is 0 Å². The third-order valence-electron chi connectivity index (χ3n) is 5.64. The van der Waals surface area contributed by atoms with Crippen LogP contribution in [0.15, 0.2) is 36.4 Å². The minimum atomic E-state index is -1.11. The molecule has 0 saturated carbocycles. The molecule has 0 unspecified atom stereocenters. The molecule has 0 heterocycles. The van der Waals surface area contributed by atoms with Gasteiger partial charge in [-0.15, -0.1) is 0 Å². The van der Waals surface area contributed by atoms with Crippen LogP contribution >= 0.6 is 46.4 Å². The molecule has 0 fully saturated rings. The zero-order valence-corrected chi connectivity index (χ0v) is 19.4. The van der Waals surface area contributed by atoms with Gasteiger partial charge in [-0.05, 0) is 42.0 Å². The molecule has 160 valence electrons. The molecule has 5 aromatic carbocycles. The van der Waals surface area contributed by atoms with E-state index in [1.807, 2.05) is 0 Å². The van der Waals surface area contributed by atoms with Crippen LogP contribution in [0.25, 0.3) is 43.1 Å². The van der Waals surface area contributed by atoms with E-state index in [1.165, 1.54) is 12.1 Å². The van der Waals surface area contributed by atoms with Crippen molar-refractivity contribution in [2.24, 2.45) is 0 Å². The highest BCUT2D eigenvalue weighted by molar-refractivity contribution is 6.52. The quantitative estimate of drug-likeness (QED) is 0.152. The average Bonchev–Trinajstić information content (AvgIpc) is 2.74. The monoisotopic (exact) mass is 504 g/mol. The molecule has 32 heavy (non-hydrogen) atoms. The zero-order valence-electron chi connectivity index (χ0n) is 16.4. The first-order chi connectivity index (χ1) is 15.3.